The predicted octanol–water partition coefficient (Wildman–Crippen LogP) is 6.52. The van der Waals surface area contributed by atoms with Crippen LogP contribution < -0.4 is 4.84 Å². The second kappa shape index (κ2) is 9.06. The molecule has 5 rings (SSSR count). The Bertz CT molecular complexity index is 1030. The largest absolute Gasteiger partial charge is 0.462 e. The minimum absolute atomic E-state index is 0.0236. The van der Waals surface area contributed by atoms with Crippen LogP contribution in [0.2, 0.25) is 0 Å². The number of nitro benzene ring substituents is 1. The third kappa shape index (κ3) is 4.24. The van der Waals surface area contributed by atoms with E-state index < -0.39 is 4.92 Å². The van der Waals surface area contributed by atoms with Gasteiger partial charge in [0.1, 0.15) is 6.10 Å². The number of hydrogen-bond acceptors (Lipinski definition) is 6. The van der Waals surface area contributed by atoms with Gasteiger partial charge in [-0.1, -0.05) is 19.0 Å². The number of halogens is 1. The van der Waals surface area contributed by atoms with Crippen LogP contribution in [0, 0.1) is 44.6 Å². The number of alkyl halides is 1. The summed E-state index contributed by atoms with van der Waals surface area (Å²) in [6.07, 6.45) is 8.55. The van der Waals surface area contributed by atoms with Crippen LogP contribution in [-0.2, 0) is 9.53 Å². The minimum Gasteiger partial charge on any atom is -0.462 e. The number of oxime groups is 1. The smallest absolute Gasteiger partial charge is 0.302 e. The molecule has 4 saturated carbocycles. The number of carbonyl (C=O) groups excluding carboxylic acids is 1. The summed E-state index contributed by atoms with van der Waals surface area (Å²) in [6.45, 7) is 6.33. The van der Waals surface area contributed by atoms with Crippen molar-refractivity contribution in [3.63, 3.8) is 0 Å². The van der Waals surface area contributed by atoms with E-state index >= 15 is 0 Å². The quantitative estimate of drug-likeness (QED) is 0.202. The van der Waals surface area contributed by atoms with Gasteiger partial charge in [-0.25, -0.2) is 0 Å². The highest BCUT2D eigenvalue weighted by atomic mass is 35.5. The van der Waals surface area contributed by atoms with Crippen LogP contribution in [0.3, 0.4) is 0 Å². The number of nitro groups is 1. The first kappa shape index (κ1) is 24.5. The summed E-state index contributed by atoms with van der Waals surface area (Å²) in [5.74, 6) is 2.74. The first-order valence-corrected chi connectivity index (χ1v) is 13.3. The van der Waals surface area contributed by atoms with Crippen molar-refractivity contribution in [3.8, 4) is 5.75 Å². The fraction of sp³-hybridized carbons (Fsp3) is 0.704. The molecule has 1 aromatic rings. The highest BCUT2D eigenvalue weighted by Crippen LogP contribution is 2.66. The summed E-state index contributed by atoms with van der Waals surface area (Å²) in [5, 5.41) is 15.1. The maximum Gasteiger partial charge on any atom is 0.302 e. The molecule has 0 bridgehead atoms. The number of fused-ring (bicyclic) bond motifs is 5. The SMILES string of the molecule is CC(=O)OC1CCC2C3CCC4CC(=NOc5ccc([N+](=O)[O-])cc5)C(Cl)CC4(C)C3CCC12C. The summed E-state index contributed by atoms with van der Waals surface area (Å²) in [6, 6.07) is 5.96. The van der Waals surface area contributed by atoms with E-state index in [1.54, 1.807) is 12.1 Å². The van der Waals surface area contributed by atoms with Crippen LogP contribution in [0.4, 0.5) is 5.69 Å². The fourth-order valence-electron chi connectivity index (χ4n) is 8.25. The molecule has 0 spiro atoms. The lowest BCUT2D eigenvalue weighted by atomic mass is 9.45. The van der Waals surface area contributed by atoms with Crippen LogP contribution in [0.15, 0.2) is 29.4 Å². The van der Waals surface area contributed by atoms with Gasteiger partial charge < -0.3 is 9.57 Å². The summed E-state index contributed by atoms with van der Waals surface area (Å²) in [7, 11) is 0. The van der Waals surface area contributed by atoms with Crippen molar-refractivity contribution in [2.75, 3.05) is 0 Å². The standard InChI is InChI=1S/C27H35ClN2O5/c1-16(31)34-25-11-10-21-20-9-4-17-14-24(29-35-19-7-5-18(6-8-19)30(32)33)23(28)15-27(17,3)22(20)12-13-26(21,25)2/h5-8,17,20-23,25H,4,9-15H2,1-3H3. The molecule has 8 unspecified atom stereocenters. The molecule has 0 aliphatic heterocycles. The third-order valence-corrected chi connectivity index (χ3v) is 10.4. The van der Waals surface area contributed by atoms with E-state index in [2.05, 4.69) is 19.0 Å². The Hall–Kier alpha value is -2.15. The predicted molar refractivity (Wildman–Crippen MR) is 133 cm³/mol. The molecule has 0 amide bonds. The molecule has 4 fully saturated rings. The molecule has 0 heterocycles. The van der Waals surface area contributed by atoms with E-state index in [0.29, 0.717) is 29.4 Å². The van der Waals surface area contributed by atoms with E-state index in [4.69, 9.17) is 21.2 Å². The molecule has 4 aliphatic carbocycles. The molecule has 0 aromatic heterocycles. The van der Waals surface area contributed by atoms with Crippen molar-refractivity contribution in [3.05, 3.63) is 34.4 Å². The number of non-ortho nitro benzene ring substituents is 1. The highest BCUT2D eigenvalue weighted by Gasteiger charge is 2.61. The molecule has 8 heteroatoms. The maximum absolute atomic E-state index is 11.7. The van der Waals surface area contributed by atoms with E-state index in [1.807, 2.05) is 0 Å². The number of ether oxygens (including phenoxy) is 1. The Morgan fingerprint density at radius 3 is 2.49 bits per heavy atom. The lowest BCUT2D eigenvalue weighted by molar-refractivity contribution is -0.384. The van der Waals surface area contributed by atoms with E-state index in [0.717, 1.165) is 50.7 Å². The van der Waals surface area contributed by atoms with Gasteiger partial charge in [-0.05, 0) is 92.6 Å². The van der Waals surface area contributed by atoms with Crippen LogP contribution in [-0.4, -0.2) is 28.1 Å². The van der Waals surface area contributed by atoms with Crippen molar-refractivity contribution in [2.45, 2.75) is 83.6 Å². The number of esters is 1. The van der Waals surface area contributed by atoms with Gasteiger partial charge in [0.25, 0.3) is 5.69 Å². The van der Waals surface area contributed by atoms with Gasteiger partial charge >= 0.3 is 5.97 Å². The summed E-state index contributed by atoms with van der Waals surface area (Å²) >= 11 is 6.92. The summed E-state index contributed by atoms with van der Waals surface area (Å²) in [4.78, 5) is 27.8. The van der Waals surface area contributed by atoms with Gasteiger partial charge in [-0.3, -0.25) is 14.9 Å². The average Bonchev–Trinajstić information content (AvgIpc) is 3.13. The van der Waals surface area contributed by atoms with Crippen molar-refractivity contribution in [1.82, 2.24) is 0 Å². The van der Waals surface area contributed by atoms with Crippen LogP contribution in [0.5, 0.6) is 5.75 Å². The van der Waals surface area contributed by atoms with E-state index in [-0.39, 0.29) is 34.0 Å². The number of hydrogen-bond donors (Lipinski definition) is 0. The number of rotatable bonds is 4. The van der Waals surface area contributed by atoms with Gasteiger partial charge in [-0.15, -0.1) is 11.6 Å². The molecule has 7 nitrogen and oxygen atoms in total. The van der Waals surface area contributed by atoms with Gasteiger partial charge in [0, 0.05) is 24.5 Å². The maximum atomic E-state index is 11.7. The molecule has 0 radical (unpaired) electrons. The molecule has 35 heavy (non-hydrogen) atoms. The lowest BCUT2D eigenvalue weighted by Crippen LogP contribution is -2.56. The molecule has 0 saturated heterocycles. The normalized spacial score (nSPS) is 41.4. The Balaban J connectivity index is 1.29. The zero-order valence-electron chi connectivity index (χ0n) is 20.7. The zero-order valence-corrected chi connectivity index (χ0v) is 21.5. The van der Waals surface area contributed by atoms with Gasteiger partial charge in [0.15, 0.2) is 5.75 Å². The van der Waals surface area contributed by atoms with Crippen molar-refractivity contribution in [2.24, 2.45) is 39.7 Å². The summed E-state index contributed by atoms with van der Waals surface area (Å²) in [5.41, 5.74) is 1.16. The number of carbonyl (C=O) groups is 1. The van der Waals surface area contributed by atoms with Crippen molar-refractivity contribution < 1.29 is 19.3 Å². The molecule has 8 atom stereocenters. The second-order valence-corrected chi connectivity index (χ2v) is 12.2. The van der Waals surface area contributed by atoms with Crippen LogP contribution in [0.1, 0.15) is 72.1 Å². The average molecular weight is 503 g/mol. The van der Waals surface area contributed by atoms with E-state index in [9.17, 15) is 14.9 Å². The van der Waals surface area contributed by atoms with Crippen molar-refractivity contribution in [1.29, 1.82) is 0 Å². The molecule has 1 aromatic carbocycles. The Labute approximate surface area is 211 Å². The molecular formula is C27H35ClN2O5. The Morgan fingerprint density at radius 2 is 1.80 bits per heavy atom. The highest BCUT2D eigenvalue weighted by molar-refractivity contribution is 6.32. The van der Waals surface area contributed by atoms with Crippen molar-refractivity contribution >= 4 is 29.0 Å². The zero-order chi connectivity index (χ0) is 25.0. The molecule has 0 N–H and O–H groups in total. The van der Waals surface area contributed by atoms with Gasteiger partial charge in [-0.2, -0.15) is 0 Å². The molecule has 190 valence electrons. The number of nitrogens with zero attached hydrogens (tertiary/aromatic N) is 2. The summed E-state index contributed by atoms with van der Waals surface area (Å²) < 4.78 is 5.78. The first-order chi connectivity index (χ1) is 16.6. The van der Waals surface area contributed by atoms with Crippen LogP contribution >= 0.6 is 11.6 Å². The van der Waals surface area contributed by atoms with Crippen LogP contribution in [0.25, 0.3) is 0 Å². The minimum atomic E-state index is -0.432. The lowest BCUT2D eigenvalue weighted by Gasteiger charge is -2.60. The number of benzene rings is 1. The Morgan fingerprint density at radius 1 is 1.09 bits per heavy atom. The topological polar surface area (TPSA) is 91.0 Å². The first-order valence-electron chi connectivity index (χ1n) is 12.9. The van der Waals surface area contributed by atoms with Gasteiger partial charge in [0.05, 0.1) is 16.0 Å². The van der Waals surface area contributed by atoms with Gasteiger partial charge in [0.2, 0.25) is 0 Å². The molecular weight excluding hydrogens is 468 g/mol. The molecule has 4 aliphatic rings. The third-order valence-electron chi connectivity index (χ3n) is 10.0. The second-order valence-electron chi connectivity index (χ2n) is 11.7. The van der Waals surface area contributed by atoms with E-state index in [1.165, 1.54) is 25.5 Å². The monoisotopic (exact) mass is 502 g/mol. The fourth-order valence-corrected chi connectivity index (χ4v) is 8.71. The Kier molecular flexibility index (Phi) is 6.35.